The van der Waals surface area contributed by atoms with Crippen LogP contribution in [0.2, 0.25) is 0 Å². The number of aromatic nitrogens is 3. The van der Waals surface area contributed by atoms with Gasteiger partial charge in [0.25, 0.3) is 0 Å². The van der Waals surface area contributed by atoms with Crippen LogP contribution in [0, 0.1) is 11.6 Å². The van der Waals surface area contributed by atoms with Crippen LogP contribution >= 0.6 is 0 Å². The molecule has 3 aliphatic heterocycles. The third kappa shape index (κ3) is 5.25. The Morgan fingerprint density at radius 2 is 1.70 bits per heavy atom. The van der Waals surface area contributed by atoms with E-state index in [2.05, 4.69) is 24.9 Å². The van der Waals surface area contributed by atoms with Crippen LogP contribution in [0.25, 0.3) is 22.2 Å². The van der Waals surface area contributed by atoms with Gasteiger partial charge in [-0.05, 0) is 56.0 Å². The van der Waals surface area contributed by atoms with E-state index in [0.717, 1.165) is 36.6 Å². The van der Waals surface area contributed by atoms with Crippen molar-refractivity contribution < 1.29 is 22.0 Å². The maximum atomic E-state index is 15.6. The summed E-state index contributed by atoms with van der Waals surface area (Å²) in [6.45, 7) is 2.45. The third-order valence-electron chi connectivity index (χ3n) is 8.60. The Morgan fingerprint density at radius 3 is 2.42 bits per heavy atom. The number of hydrogen-bond acceptors (Lipinski definition) is 7. The number of fused-ring (bicyclic) bond motifs is 3. The lowest BCUT2D eigenvalue weighted by Crippen LogP contribution is -2.59. The van der Waals surface area contributed by atoms with Crippen molar-refractivity contribution in [2.75, 3.05) is 35.8 Å². The molecule has 3 N–H and O–H groups in total. The predicted molar refractivity (Wildman–Crippen MR) is 159 cm³/mol. The summed E-state index contributed by atoms with van der Waals surface area (Å²) < 4.78 is 59.2. The number of benzene rings is 1. The van der Waals surface area contributed by atoms with Gasteiger partial charge in [0.2, 0.25) is 5.78 Å². The molecule has 0 aliphatic carbocycles. The number of ketones is 1. The average molecular weight is 608 g/mol. The molecule has 3 aromatic heterocycles. The van der Waals surface area contributed by atoms with Crippen LogP contribution in [-0.2, 0) is 10.2 Å². The van der Waals surface area contributed by atoms with Crippen molar-refractivity contribution in [2.45, 2.75) is 44.2 Å². The first-order chi connectivity index (χ1) is 20.8. The van der Waals surface area contributed by atoms with Gasteiger partial charge in [-0.3, -0.25) is 9.52 Å². The molecule has 224 valence electrons. The number of H-pyrrole nitrogens is 1. The molecule has 0 saturated carbocycles. The largest absolute Gasteiger partial charge is 0.353 e. The number of piperidine rings is 1. The highest BCUT2D eigenvalue weighted by Crippen LogP contribution is 2.31. The number of piperazine rings is 1. The van der Waals surface area contributed by atoms with Gasteiger partial charge in [-0.2, -0.15) is 12.7 Å². The summed E-state index contributed by atoms with van der Waals surface area (Å²) in [5.74, 6) is -2.40. The van der Waals surface area contributed by atoms with Crippen molar-refractivity contribution in [2.24, 2.45) is 0 Å². The molecule has 3 aliphatic rings. The second-order valence-electron chi connectivity index (χ2n) is 11.5. The number of anilines is 2. The number of hydrogen-bond donors (Lipinski definition) is 3. The number of halogens is 2. The highest BCUT2D eigenvalue weighted by atomic mass is 32.2. The van der Waals surface area contributed by atoms with Crippen LogP contribution in [-0.4, -0.2) is 71.7 Å². The topological polar surface area (TPSA) is 123 Å². The number of carbonyl (C=O) groups is 1. The van der Waals surface area contributed by atoms with E-state index in [1.54, 1.807) is 18.5 Å². The quantitative estimate of drug-likeness (QED) is 0.269. The maximum Gasteiger partial charge on any atom is 0.301 e. The van der Waals surface area contributed by atoms with Crippen LogP contribution in [0.15, 0.2) is 48.9 Å². The van der Waals surface area contributed by atoms with Crippen LogP contribution in [0.3, 0.4) is 0 Å². The first-order valence-corrected chi connectivity index (χ1v) is 16.0. The molecule has 4 aromatic rings. The van der Waals surface area contributed by atoms with Crippen molar-refractivity contribution in [3.8, 4) is 11.1 Å². The molecule has 1 aromatic carbocycles. The molecule has 13 heteroatoms. The molecule has 0 radical (unpaired) electrons. The minimum absolute atomic E-state index is 0.0126. The van der Waals surface area contributed by atoms with E-state index in [1.807, 2.05) is 12.1 Å². The Hall–Kier alpha value is -3.94. The molecule has 3 saturated heterocycles. The summed E-state index contributed by atoms with van der Waals surface area (Å²) in [5.41, 5.74) is 0.512. The zero-order chi connectivity index (χ0) is 29.7. The highest BCUT2D eigenvalue weighted by molar-refractivity contribution is 7.90. The van der Waals surface area contributed by atoms with E-state index in [4.69, 9.17) is 4.98 Å². The number of rotatable bonds is 7. The Bertz CT molecular complexity index is 1790. The monoisotopic (exact) mass is 607 g/mol. The van der Waals surface area contributed by atoms with Crippen molar-refractivity contribution in [3.63, 3.8) is 0 Å². The summed E-state index contributed by atoms with van der Waals surface area (Å²) in [4.78, 5) is 27.9. The first kappa shape index (κ1) is 27.9. The van der Waals surface area contributed by atoms with E-state index in [-0.39, 0.29) is 5.56 Å². The van der Waals surface area contributed by atoms with E-state index in [9.17, 15) is 17.6 Å². The van der Waals surface area contributed by atoms with Gasteiger partial charge in [0.15, 0.2) is 5.82 Å². The molecule has 7 rings (SSSR count). The molecular weight excluding hydrogens is 576 g/mol. The number of carbonyl (C=O) groups excluding carboxylic acids is 1. The highest BCUT2D eigenvalue weighted by Gasteiger charge is 2.31. The molecule has 2 atom stereocenters. The molecule has 6 heterocycles. The van der Waals surface area contributed by atoms with Gasteiger partial charge in [-0.1, -0.05) is 6.42 Å². The number of pyridine rings is 2. The minimum Gasteiger partial charge on any atom is -0.353 e. The van der Waals surface area contributed by atoms with Gasteiger partial charge in [0.1, 0.15) is 17.3 Å². The molecule has 0 spiro atoms. The van der Waals surface area contributed by atoms with E-state index < -0.39 is 38.9 Å². The second kappa shape index (κ2) is 11.0. The Balaban J connectivity index is 1.16. The predicted octanol–water partition coefficient (Wildman–Crippen LogP) is 4.22. The average Bonchev–Trinajstić information content (AvgIpc) is 3.70. The second-order valence-corrected chi connectivity index (χ2v) is 13.1. The zero-order valence-electron chi connectivity index (χ0n) is 23.3. The van der Waals surface area contributed by atoms with Gasteiger partial charge >= 0.3 is 10.2 Å². The standard InChI is InChI=1S/C30H31F2N7O3S/c31-24-7-8-25(37-43(41,42)39-10-1-2-11-39)28(32)27(24)29(40)23-15-35-30-22(23)12-19(14-34-30)18-6-9-26(33-13-18)38-16-20-4-3-5-21(17-38)36-20/h6-9,12-15,20-21,36-37H,1-5,10-11,16-17H2,(H,34,35)/t20-,21+. The summed E-state index contributed by atoms with van der Waals surface area (Å²) in [6, 6.07) is 8.48. The molecule has 3 fully saturated rings. The fraction of sp³-hybridized carbons (Fsp3) is 0.367. The van der Waals surface area contributed by atoms with E-state index in [1.165, 1.54) is 29.8 Å². The van der Waals surface area contributed by atoms with Crippen molar-refractivity contribution in [3.05, 3.63) is 71.7 Å². The SMILES string of the molecule is O=C(c1c(F)ccc(NS(=O)(=O)N2CCCC2)c1F)c1c[nH]c2ncc(-c3ccc(N4C[C@H]5CCC[C@@H](C4)N5)nc3)cc12. The Morgan fingerprint density at radius 1 is 0.953 bits per heavy atom. The number of nitrogens with one attached hydrogen (secondary N) is 3. The van der Waals surface area contributed by atoms with Gasteiger partial charge in [0, 0.05) is 78.9 Å². The van der Waals surface area contributed by atoms with Gasteiger partial charge < -0.3 is 15.2 Å². The molecule has 0 amide bonds. The van der Waals surface area contributed by atoms with Crippen molar-refractivity contribution >= 4 is 38.5 Å². The molecule has 2 bridgehead atoms. The van der Waals surface area contributed by atoms with Crippen LogP contribution in [0.5, 0.6) is 0 Å². The normalized spacial score (nSPS) is 20.9. The lowest BCUT2D eigenvalue weighted by atomic mass is 9.94. The Labute approximate surface area is 247 Å². The van der Waals surface area contributed by atoms with E-state index >= 15 is 4.39 Å². The fourth-order valence-electron chi connectivity index (χ4n) is 6.39. The zero-order valence-corrected chi connectivity index (χ0v) is 24.1. The smallest absolute Gasteiger partial charge is 0.301 e. The summed E-state index contributed by atoms with van der Waals surface area (Å²) in [5, 5.41) is 4.05. The molecule has 43 heavy (non-hydrogen) atoms. The number of nitrogens with zero attached hydrogens (tertiary/aromatic N) is 4. The van der Waals surface area contributed by atoms with Crippen LogP contribution < -0.4 is 14.9 Å². The van der Waals surface area contributed by atoms with Crippen LogP contribution in [0.4, 0.5) is 20.3 Å². The molecule has 10 nitrogen and oxygen atoms in total. The van der Waals surface area contributed by atoms with Gasteiger partial charge in [-0.25, -0.2) is 18.7 Å². The number of aromatic amines is 1. The van der Waals surface area contributed by atoms with Crippen LogP contribution in [0.1, 0.15) is 48.0 Å². The van der Waals surface area contributed by atoms with Gasteiger partial charge in [-0.15, -0.1) is 0 Å². The van der Waals surface area contributed by atoms with Crippen molar-refractivity contribution in [1.29, 1.82) is 0 Å². The summed E-state index contributed by atoms with van der Waals surface area (Å²) >= 11 is 0. The minimum atomic E-state index is -4.05. The summed E-state index contributed by atoms with van der Waals surface area (Å²) in [7, 11) is -4.05. The fourth-order valence-corrected chi connectivity index (χ4v) is 7.69. The lowest BCUT2D eigenvalue weighted by molar-refractivity contribution is 0.103. The van der Waals surface area contributed by atoms with E-state index in [0.29, 0.717) is 54.6 Å². The van der Waals surface area contributed by atoms with Gasteiger partial charge in [0.05, 0.1) is 11.3 Å². The first-order valence-electron chi connectivity index (χ1n) is 14.5. The Kier molecular flexibility index (Phi) is 7.10. The third-order valence-corrected chi connectivity index (χ3v) is 10.1. The van der Waals surface area contributed by atoms with Crippen molar-refractivity contribution in [1.82, 2.24) is 24.6 Å². The maximum absolute atomic E-state index is 15.6. The molecule has 0 unspecified atom stereocenters. The lowest BCUT2D eigenvalue weighted by Gasteiger charge is -2.43. The summed E-state index contributed by atoms with van der Waals surface area (Å²) in [6.07, 6.45) is 9.75. The molecular formula is C30H31F2N7O3S.